The zero-order valence-electron chi connectivity index (χ0n) is 14.4. The maximum absolute atomic E-state index is 11.7. The Balaban J connectivity index is 2.58. The number of ether oxygens (including phenoxy) is 3. The highest BCUT2D eigenvalue weighted by Gasteiger charge is 2.21. The van der Waals surface area contributed by atoms with Crippen LogP contribution >= 0.6 is 0 Å². The summed E-state index contributed by atoms with van der Waals surface area (Å²) in [7, 11) is 1.49. The molecule has 1 atom stereocenters. The quantitative estimate of drug-likeness (QED) is 0.544. The van der Waals surface area contributed by atoms with Gasteiger partial charge in [-0.1, -0.05) is 18.2 Å². The molecule has 0 bridgehead atoms. The van der Waals surface area contributed by atoms with E-state index in [-0.39, 0.29) is 5.71 Å². The molecule has 132 valence electrons. The van der Waals surface area contributed by atoms with E-state index in [9.17, 15) is 9.59 Å². The van der Waals surface area contributed by atoms with E-state index in [0.29, 0.717) is 11.5 Å². The Morgan fingerprint density at radius 2 is 2.04 bits per heavy atom. The van der Waals surface area contributed by atoms with Gasteiger partial charge in [-0.05, 0) is 31.5 Å². The minimum atomic E-state index is -1.20. The lowest BCUT2D eigenvalue weighted by atomic mass is 10.0. The molecule has 1 N–H and O–H groups in total. The van der Waals surface area contributed by atoms with Gasteiger partial charge >= 0.3 is 5.97 Å². The third-order valence-electron chi connectivity index (χ3n) is 3.15. The van der Waals surface area contributed by atoms with Crippen molar-refractivity contribution < 1.29 is 23.8 Å². The molecule has 7 heteroatoms. The van der Waals surface area contributed by atoms with Gasteiger partial charge in [0.05, 0.1) is 13.2 Å². The van der Waals surface area contributed by atoms with Crippen molar-refractivity contribution in [2.75, 3.05) is 20.3 Å². The number of carbonyl (C=O) groups is 2. The molecule has 0 saturated carbocycles. The first-order chi connectivity index (χ1) is 11.9. The molecule has 7 nitrogen and oxygen atoms in total. The minimum Gasteiger partial charge on any atom is -0.493 e. The van der Waals surface area contributed by atoms with Crippen molar-refractivity contribution in [3.8, 4) is 17.6 Å². The normalized spacial score (nSPS) is 11.4. The molecule has 0 unspecified atom stereocenters. The van der Waals surface area contributed by atoms with Gasteiger partial charge in [0, 0.05) is 5.71 Å². The molecule has 0 radical (unpaired) electrons. The third kappa shape index (κ3) is 6.11. The summed E-state index contributed by atoms with van der Waals surface area (Å²) in [6.45, 7) is 2.26. The number of esters is 1. The Morgan fingerprint density at radius 1 is 1.32 bits per heavy atom. The lowest BCUT2D eigenvalue weighted by Crippen LogP contribution is -2.27. The number of Topliss-reactive ketones (excluding diaryl/α,β-unsaturated/α-hetero) is 1. The number of hydrogen-bond donors (Lipinski definition) is 1. The van der Waals surface area contributed by atoms with Gasteiger partial charge in [0.1, 0.15) is 5.92 Å². The summed E-state index contributed by atoms with van der Waals surface area (Å²) in [6.07, 6.45) is 3.78. The van der Waals surface area contributed by atoms with Crippen LogP contribution in [0.1, 0.15) is 19.4 Å². The lowest BCUT2D eigenvalue weighted by molar-refractivity contribution is -0.150. The molecular formula is C18H20N2O5. The van der Waals surface area contributed by atoms with Crippen molar-refractivity contribution >= 4 is 23.5 Å². The van der Waals surface area contributed by atoms with Gasteiger partial charge < -0.3 is 19.6 Å². The number of carbonyl (C=O) groups excluding carboxylic acids is 2. The van der Waals surface area contributed by atoms with Crippen molar-refractivity contribution in [1.82, 2.24) is 0 Å². The predicted molar refractivity (Wildman–Crippen MR) is 91.7 cm³/mol. The first-order valence-corrected chi connectivity index (χ1v) is 7.49. The van der Waals surface area contributed by atoms with Gasteiger partial charge in [0.25, 0.3) is 0 Å². The lowest BCUT2D eigenvalue weighted by Gasteiger charge is -2.11. The second-order valence-corrected chi connectivity index (χ2v) is 5.07. The highest BCUT2D eigenvalue weighted by molar-refractivity contribution is 6.06. The van der Waals surface area contributed by atoms with E-state index >= 15 is 0 Å². The second-order valence-electron chi connectivity index (χ2n) is 5.07. The maximum atomic E-state index is 11.7. The van der Waals surface area contributed by atoms with E-state index in [4.69, 9.17) is 24.9 Å². The first-order valence-electron chi connectivity index (χ1n) is 7.49. The fourth-order valence-corrected chi connectivity index (χ4v) is 1.92. The Hall–Kier alpha value is -3.14. The van der Waals surface area contributed by atoms with Crippen molar-refractivity contribution in [3.05, 3.63) is 29.8 Å². The fraction of sp³-hybridized carbons (Fsp3) is 0.333. The van der Waals surface area contributed by atoms with Crippen LogP contribution in [-0.4, -0.2) is 37.8 Å². The van der Waals surface area contributed by atoms with E-state index in [1.807, 2.05) is 19.1 Å². The van der Waals surface area contributed by atoms with Crippen molar-refractivity contribution in [2.45, 2.75) is 13.8 Å². The van der Waals surface area contributed by atoms with Crippen molar-refractivity contribution in [2.24, 2.45) is 5.92 Å². The van der Waals surface area contributed by atoms with E-state index in [2.05, 4.69) is 0 Å². The summed E-state index contributed by atoms with van der Waals surface area (Å²) in [6, 6.07) is 6.92. The van der Waals surface area contributed by atoms with Crippen LogP contribution in [0.25, 0.3) is 6.08 Å². The van der Waals surface area contributed by atoms with E-state index in [1.54, 1.807) is 24.3 Å². The van der Waals surface area contributed by atoms with Gasteiger partial charge in [-0.2, -0.15) is 5.26 Å². The molecule has 0 aliphatic carbocycles. The van der Waals surface area contributed by atoms with E-state index in [1.165, 1.54) is 14.0 Å². The molecule has 0 spiro atoms. The number of ketones is 1. The highest BCUT2D eigenvalue weighted by atomic mass is 16.6. The largest absolute Gasteiger partial charge is 0.493 e. The molecule has 1 rings (SSSR count). The van der Waals surface area contributed by atoms with Gasteiger partial charge in [0.2, 0.25) is 0 Å². The number of nitrogens with one attached hydrogen (secondary N) is 1. The average Bonchev–Trinajstić information content (AvgIpc) is 2.59. The Kier molecular flexibility index (Phi) is 7.87. The van der Waals surface area contributed by atoms with Gasteiger partial charge in [-0.15, -0.1) is 0 Å². The summed E-state index contributed by atoms with van der Waals surface area (Å²) in [5.74, 6) is -1.77. The molecule has 0 aliphatic rings. The summed E-state index contributed by atoms with van der Waals surface area (Å²) in [5.41, 5.74) is 0.829. The standard InChI is InChI=1S/C18H20N2O5/c1-4-5-13-6-7-16(17(8-13)23-3)24-11-18(22)25-10-15(21)14(9-19)12(2)20/h4-8,14,20H,10-11H2,1-3H3/b5-4+,20-12?/t14-/m0/s1. The van der Waals surface area contributed by atoms with Gasteiger partial charge in [-0.3, -0.25) is 4.79 Å². The smallest absolute Gasteiger partial charge is 0.344 e. The van der Waals surface area contributed by atoms with E-state index in [0.717, 1.165) is 5.56 Å². The van der Waals surface area contributed by atoms with Crippen LogP contribution in [0, 0.1) is 22.7 Å². The second kappa shape index (κ2) is 9.88. The molecule has 1 aromatic carbocycles. The molecule has 0 amide bonds. The van der Waals surface area contributed by atoms with E-state index < -0.39 is 30.9 Å². The summed E-state index contributed by atoms with van der Waals surface area (Å²) >= 11 is 0. The van der Waals surface area contributed by atoms with Crippen LogP contribution in [0.5, 0.6) is 11.5 Å². The Morgan fingerprint density at radius 3 is 2.60 bits per heavy atom. The Bertz CT molecular complexity index is 719. The number of nitrogens with zero attached hydrogens (tertiary/aromatic N) is 1. The number of hydrogen-bond acceptors (Lipinski definition) is 7. The molecule has 25 heavy (non-hydrogen) atoms. The van der Waals surface area contributed by atoms with Gasteiger partial charge in [0.15, 0.2) is 30.5 Å². The van der Waals surface area contributed by atoms with Crippen LogP contribution in [0.15, 0.2) is 24.3 Å². The monoisotopic (exact) mass is 344 g/mol. The maximum Gasteiger partial charge on any atom is 0.344 e. The molecule has 0 heterocycles. The average molecular weight is 344 g/mol. The molecule has 0 saturated heterocycles. The highest BCUT2D eigenvalue weighted by Crippen LogP contribution is 2.28. The van der Waals surface area contributed by atoms with Crippen LogP contribution in [0.3, 0.4) is 0 Å². The summed E-state index contributed by atoms with van der Waals surface area (Å²) < 4.78 is 15.3. The van der Waals surface area contributed by atoms with Crippen molar-refractivity contribution in [1.29, 1.82) is 10.7 Å². The van der Waals surface area contributed by atoms with Gasteiger partial charge in [-0.25, -0.2) is 4.79 Å². The Labute approximate surface area is 146 Å². The van der Waals surface area contributed by atoms with Crippen LogP contribution < -0.4 is 9.47 Å². The molecule has 0 aliphatic heterocycles. The zero-order valence-corrected chi connectivity index (χ0v) is 14.4. The molecule has 0 fully saturated rings. The topological polar surface area (TPSA) is 109 Å². The molecule has 1 aromatic rings. The summed E-state index contributed by atoms with van der Waals surface area (Å²) in [5, 5.41) is 16.1. The number of nitriles is 1. The van der Waals surface area contributed by atoms with Crippen LogP contribution in [-0.2, 0) is 14.3 Å². The number of rotatable bonds is 9. The van der Waals surface area contributed by atoms with Crippen molar-refractivity contribution in [3.63, 3.8) is 0 Å². The summed E-state index contributed by atoms with van der Waals surface area (Å²) in [4.78, 5) is 23.4. The zero-order chi connectivity index (χ0) is 18.8. The fourth-order valence-electron chi connectivity index (χ4n) is 1.92. The minimum absolute atomic E-state index is 0.0919. The number of methoxy groups -OCH3 is 1. The van der Waals surface area contributed by atoms with Crippen LogP contribution in [0.4, 0.5) is 0 Å². The molecule has 0 aromatic heterocycles. The number of allylic oxidation sites excluding steroid dienone is 1. The molecular weight excluding hydrogens is 324 g/mol. The van der Waals surface area contributed by atoms with Crippen LogP contribution in [0.2, 0.25) is 0 Å². The number of benzene rings is 1. The first kappa shape index (κ1) is 19.9. The SMILES string of the molecule is C/C=C/c1ccc(OCC(=O)OCC(=O)[C@@H](C#N)C(C)=N)c(OC)c1. The predicted octanol–water partition coefficient (Wildman–Crippen LogP) is 2.40. The third-order valence-corrected chi connectivity index (χ3v) is 3.15.